The van der Waals surface area contributed by atoms with Gasteiger partial charge in [-0.2, -0.15) is 8.42 Å². The van der Waals surface area contributed by atoms with Gasteiger partial charge in [0.2, 0.25) is 5.91 Å². The van der Waals surface area contributed by atoms with E-state index in [9.17, 15) is 13.2 Å². The second-order valence-electron chi connectivity index (χ2n) is 7.32. The molecule has 1 aliphatic rings. The molecule has 0 saturated heterocycles. The number of carbonyl (C=O) groups is 1. The lowest BCUT2D eigenvalue weighted by atomic mass is 10.2. The summed E-state index contributed by atoms with van der Waals surface area (Å²) in [4.78, 5) is 18.6. The van der Waals surface area contributed by atoms with Crippen LogP contribution in [0.15, 0.2) is 66.1 Å². The molecule has 1 aromatic heterocycles. The highest BCUT2D eigenvalue weighted by Crippen LogP contribution is 2.32. The van der Waals surface area contributed by atoms with Gasteiger partial charge in [0.1, 0.15) is 6.54 Å². The summed E-state index contributed by atoms with van der Waals surface area (Å²) < 4.78 is 29.1. The predicted molar refractivity (Wildman–Crippen MR) is 116 cm³/mol. The van der Waals surface area contributed by atoms with Crippen molar-refractivity contribution >= 4 is 27.3 Å². The molecule has 0 saturated carbocycles. The van der Waals surface area contributed by atoms with Crippen molar-refractivity contribution in [3.63, 3.8) is 0 Å². The van der Waals surface area contributed by atoms with Gasteiger partial charge in [0, 0.05) is 25.0 Å². The quantitative estimate of drug-likeness (QED) is 0.610. The van der Waals surface area contributed by atoms with Gasteiger partial charge in [0.05, 0.1) is 12.0 Å². The Morgan fingerprint density at radius 2 is 1.97 bits per heavy atom. The molecule has 2 heterocycles. The first-order valence-corrected chi connectivity index (χ1v) is 11.3. The molecule has 30 heavy (non-hydrogen) atoms. The fourth-order valence-corrected chi connectivity index (χ4v) is 5.21. The minimum atomic E-state index is -3.77. The number of nitrogens with zero attached hydrogens (tertiary/aromatic N) is 4. The van der Waals surface area contributed by atoms with Crippen LogP contribution in [-0.2, 0) is 27.8 Å². The zero-order chi connectivity index (χ0) is 21.3. The van der Waals surface area contributed by atoms with Gasteiger partial charge < -0.3 is 9.47 Å². The highest BCUT2D eigenvalue weighted by molar-refractivity contribution is 7.92. The van der Waals surface area contributed by atoms with E-state index in [1.165, 1.54) is 21.4 Å². The number of fused-ring (bicyclic) bond motifs is 1. The first-order chi connectivity index (χ1) is 14.4. The van der Waals surface area contributed by atoms with Crippen molar-refractivity contribution in [2.75, 3.05) is 22.3 Å². The number of hydrogen-bond acceptors (Lipinski definition) is 4. The number of aryl methyl sites for hydroxylation is 1. The lowest BCUT2D eigenvalue weighted by molar-refractivity contribution is -0.119. The monoisotopic (exact) mass is 424 g/mol. The van der Waals surface area contributed by atoms with Crippen LogP contribution in [0.1, 0.15) is 18.1 Å². The van der Waals surface area contributed by atoms with Crippen LogP contribution in [0.3, 0.4) is 0 Å². The van der Waals surface area contributed by atoms with E-state index in [2.05, 4.69) is 4.98 Å². The van der Waals surface area contributed by atoms with Crippen LogP contribution >= 0.6 is 0 Å². The Morgan fingerprint density at radius 3 is 2.73 bits per heavy atom. The normalized spacial score (nSPS) is 13.3. The molecule has 0 radical (unpaired) electrons. The third-order valence-electron chi connectivity index (χ3n) is 5.26. The molecule has 156 valence electrons. The minimum Gasteiger partial charge on any atom is -0.327 e. The molecule has 1 aliphatic heterocycles. The number of anilines is 2. The molecule has 3 aromatic rings. The zero-order valence-electron chi connectivity index (χ0n) is 17.0. The van der Waals surface area contributed by atoms with Gasteiger partial charge in [-0.3, -0.25) is 9.10 Å². The molecule has 0 spiro atoms. The van der Waals surface area contributed by atoms with Crippen LogP contribution < -0.4 is 9.21 Å². The summed E-state index contributed by atoms with van der Waals surface area (Å²) in [7, 11) is -3.77. The molecule has 4 rings (SSSR count). The topological polar surface area (TPSA) is 75.5 Å². The summed E-state index contributed by atoms with van der Waals surface area (Å²) in [5.41, 5.74) is 3.59. The Morgan fingerprint density at radius 1 is 1.17 bits per heavy atom. The summed E-state index contributed by atoms with van der Waals surface area (Å²) in [5, 5.41) is -0.0504. The lowest BCUT2D eigenvalue weighted by Crippen LogP contribution is -2.33. The van der Waals surface area contributed by atoms with Gasteiger partial charge in [-0.15, -0.1) is 0 Å². The second kappa shape index (κ2) is 7.95. The molecular formula is C22H24N4O3S. The van der Waals surface area contributed by atoms with E-state index in [1.807, 2.05) is 56.3 Å². The maximum absolute atomic E-state index is 13.1. The zero-order valence-corrected chi connectivity index (χ0v) is 17.8. The fourth-order valence-electron chi connectivity index (χ4n) is 3.77. The highest BCUT2D eigenvalue weighted by Gasteiger charge is 2.32. The molecule has 2 aromatic carbocycles. The lowest BCUT2D eigenvalue weighted by Gasteiger charge is -2.21. The SMILES string of the molecule is CCN(C(=O)Cn1cnc(S(=O)(=O)N2CCc3ccccc32)c1)c1cccc(C)c1. The Balaban J connectivity index is 1.53. The number of imidazole rings is 1. The van der Waals surface area contributed by atoms with E-state index in [0.717, 1.165) is 16.8 Å². The van der Waals surface area contributed by atoms with Crippen LogP contribution in [0.2, 0.25) is 0 Å². The van der Waals surface area contributed by atoms with E-state index in [4.69, 9.17) is 0 Å². The summed E-state index contributed by atoms with van der Waals surface area (Å²) in [6.07, 6.45) is 3.51. The average Bonchev–Trinajstić information content (AvgIpc) is 3.36. The van der Waals surface area contributed by atoms with E-state index < -0.39 is 10.0 Å². The van der Waals surface area contributed by atoms with Crippen molar-refractivity contribution in [1.82, 2.24) is 9.55 Å². The first-order valence-electron chi connectivity index (χ1n) is 9.89. The van der Waals surface area contributed by atoms with Gasteiger partial charge in [-0.25, -0.2) is 4.98 Å². The number of amides is 1. The van der Waals surface area contributed by atoms with Crippen LogP contribution in [-0.4, -0.2) is 37.0 Å². The number of likely N-dealkylation sites (N-methyl/N-ethyl adjacent to an activating group) is 1. The highest BCUT2D eigenvalue weighted by atomic mass is 32.2. The van der Waals surface area contributed by atoms with Crippen molar-refractivity contribution in [2.24, 2.45) is 0 Å². The Labute approximate surface area is 176 Å². The molecule has 0 bridgehead atoms. The van der Waals surface area contributed by atoms with Crippen LogP contribution in [0.4, 0.5) is 11.4 Å². The number of benzene rings is 2. The maximum atomic E-state index is 13.1. The third-order valence-corrected chi connectivity index (χ3v) is 6.96. The molecule has 0 N–H and O–H groups in total. The van der Waals surface area contributed by atoms with Crippen LogP contribution in [0.25, 0.3) is 0 Å². The number of aromatic nitrogens is 2. The average molecular weight is 425 g/mol. The smallest absolute Gasteiger partial charge is 0.283 e. The van der Waals surface area contributed by atoms with Gasteiger partial charge in [-0.05, 0) is 49.6 Å². The Hall–Kier alpha value is -3.13. The first kappa shape index (κ1) is 20.2. The number of para-hydroxylation sites is 1. The third kappa shape index (κ3) is 3.70. The molecule has 0 aliphatic carbocycles. The van der Waals surface area contributed by atoms with Crippen LogP contribution in [0, 0.1) is 6.92 Å². The molecule has 8 heteroatoms. The summed E-state index contributed by atoms with van der Waals surface area (Å²) in [5.74, 6) is -0.129. The molecule has 0 unspecified atom stereocenters. The summed E-state index contributed by atoms with van der Waals surface area (Å²) in [6, 6.07) is 15.2. The number of sulfonamides is 1. The van der Waals surface area contributed by atoms with E-state index in [0.29, 0.717) is 25.2 Å². The number of hydrogen-bond donors (Lipinski definition) is 0. The summed E-state index contributed by atoms with van der Waals surface area (Å²) in [6.45, 7) is 4.82. The number of carbonyl (C=O) groups excluding carboxylic acids is 1. The van der Waals surface area contributed by atoms with E-state index in [1.54, 1.807) is 11.0 Å². The number of rotatable bonds is 6. The van der Waals surface area contributed by atoms with Gasteiger partial charge in [-0.1, -0.05) is 30.3 Å². The Bertz CT molecular complexity index is 1190. The van der Waals surface area contributed by atoms with Crippen molar-refractivity contribution in [1.29, 1.82) is 0 Å². The van der Waals surface area contributed by atoms with E-state index >= 15 is 0 Å². The summed E-state index contributed by atoms with van der Waals surface area (Å²) >= 11 is 0. The van der Waals surface area contributed by atoms with Gasteiger partial charge in [0.25, 0.3) is 10.0 Å². The fraction of sp³-hybridized carbons (Fsp3) is 0.273. The van der Waals surface area contributed by atoms with Crippen molar-refractivity contribution < 1.29 is 13.2 Å². The van der Waals surface area contributed by atoms with E-state index in [-0.39, 0.29) is 17.5 Å². The Kier molecular flexibility index (Phi) is 5.34. The molecular weight excluding hydrogens is 400 g/mol. The van der Waals surface area contributed by atoms with Gasteiger partial charge in [0.15, 0.2) is 5.03 Å². The molecule has 0 atom stereocenters. The minimum absolute atomic E-state index is 0.0148. The molecule has 0 fully saturated rings. The van der Waals surface area contributed by atoms with Crippen molar-refractivity contribution in [3.8, 4) is 0 Å². The predicted octanol–water partition coefficient (Wildman–Crippen LogP) is 3.00. The molecule has 1 amide bonds. The van der Waals surface area contributed by atoms with Crippen LogP contribution in [0.5, 0.6) is 0 Å². The van der Waals surface area contributed by atoms with Crippen molar-refractivity contribution in [2.45, 2.75) is 31.8 Å². The van der Waals surface area contributed by atoms with Gasteiger partial charge >= 0.3 is 0 Å². The van der Waals surface area contributed by atoms with Crippen molar-refractivity contribution in [3.05, 3.63) is 72.2 Å². The molecule has 7 nitrogen and oxygen atoms in total. The largest absolute Gasteiger partial charge is 0.327 e. The second-order valence-corrected chi connectivity index (χ2v) is 9.13. The standard InChI is InChI=1S/C22H24N4O3S/c1-3-25(19-9-6-7-17(2)13-19)22(27)15-24-14-21(23-16-24)30(28,29)26-12-11-18-8-4-5-10-20(18)26/h4-10,13-14,16H,3,11-12,15H2,1-2H3. The maximum Gasteiger partial charge on any atom is 0.283 e.